The van der Waals surface area contributed by atoms with Crippen LogP contribution in [0.1, 0.15) is 5.56 Å². The Bertz CT molecular complexity index is 908. The Balaban J connectivity index is 1.51. The van der Waals surface area contributed by atoms with Crippen LogP contribution in [0.25, 0.3) is 11.3 Å². The number of benzene rings is 2. The number of aryl methyl sites for hydroxylation is 1. The van der Waals surface area contributed by atoms with Crippen molar-refractivity contribution >= 4 is 17.5 Å². The molecule has 0 atom stereocenters. The van der Waals surface area contributed by atoms with E-state index < -0.39 is 0 Å². The summed E-state index contributed by atoms with van der Waals surface area (Å²) < 4.78 is 5.41. The van der Waals surface area contributed by atoms with Gasteiger partial charge >= 0.3 is 0 Å². The lowest BCUT2D eigenvalue weighted by Crippen LogP contribution is -2.39. The van der Waals surface area contributed by atoms with E-state index in [2.05, 4.69) is 63.8 Å². The normalized spacial score (nSPS) is 14.5. The van der Waals surface area contributed by atoms with Gasteiger partial charge in [0.1, 0.15) is 5.82 Å². The predicted molar refractivity (Wildman–Crippen MR) is 118 cm³/mol. The van der Waals surface area contributed by atoms with Gasteiger partial charge in [-0.1, -0.05) is 48.0 Å². The highest BCUT2D eigenvalue weighted by molar-refractivity contribution is 5.67. The van der Waals surface area contributed by atoms with Gasteiger partial charge in [-0.3, -0.25) is 4.90 Å². The second-order valence-corrected chi connectivity index (χ2v) is 7.20. The first kappa shape index (κ1) is 19.4. The van der Waals surface area contributed by atoms with Crippen LogP contribution in [0.3, 0.4) is 0 Å². The van der Waals surface area contributed by atoms with Crippen LogP contribution >= 0.6 is 0 Å². The van der Waals surface area contributed by atoms with E-state index in [-0.39, 0.29) is 0 Å². The fraction of sp³-hybridized carbons (Fsp3) is 0.304. The van der Waals surface area contributed by atoms with Gasteiger partial charge in [-0.15, -0.1) is 0 Å². The van der Waals surface area contributed by atoms with Gasteiger partial charge in [-0.05, 0) is 19.1 Å². The van der Waals surface area contributed by atoms with E-state index in [9.17, 15) is 0 Å². The van der Waals surface area contributed by atoms with Crippen LogP contribution in [0.2, 0.25) is 0 Å². The molecule has 1 aliphatic heterocycles. The van der Waals surface area contributed by atoms with E-state index in [1.54, 1.807) is 0 Å². The highest BCUT2D eigenvalue weighted by Crippen LogP contribution is 2.23. The van der Waals surface area contributed by atoms with E-state index in [0.717, 1.165) is 62.2 Å². The monoisotopic (exact) mass is 389 g/mol. The molecule has 6 nitrogen and oxygen atoms in total. The summed E-state index contributed by atoms with van der Waals surface area (Å²) in [6.07, 6.45) is 0. The summed E-state index contributed by atoms with van der Waals surface area (Å²) >= 11 is 0. The highest BCUT2D eigenvalue weighted by atomic mass is 16.5. The molecule has 1 aliphatic rings. The van der Waals surface area contributed by atoms with Gasteiger partial charge in [0.25, 0.3) is 0 Å². The van der Waals surface area contributed by atoms with E-state index in [1.165, 1.54) is 5.56 Å². The molecule has 2 heterocycles. The summed E-state index contributed by atoms with van der Waals surface area (Å²) in [5, 5.41) is 6.80. The number of hydrogen-bond acceptors (Lipinski definition) is 6. The first-order valence-corrected chi connectivity index (χ1v) is 10.1. The number of morpholine rings is 1. The molecular formula is C23H27N5O. The zero-order valence-corrected chi connectivity index (χ0v) is 16.8. The second kappa shape index (κ2) is 9.49. The van der Waals surface area contributed by atoms with Gasteiger partial charge < -0.3 is 15.4 Å². The maximum atomic E-state index is 5.41. The predicted octanol–water partition coefficient (Wildman–Crippen LogP) is 3.94. The van der Waals surface area contributed by atoms with Gasteiger partial charge in [0.15, 0.2) is 0 Å². The van der Waals surface area contributed by atoms with Crippen LogP contribution in [0.15, 0.2) is 60.7 Å². The van der Waals surface area contributed by atoms with E-state index in [4.69, 9.17) is 9.72 Å². The molecule has 0 spiro atoms. The summed E-state index contributed by atoms with van der Waals surface area (Å²) in [5.74, 6) is 1.41. The van der Waals surface area contributed by atoms with Crippen LogP contribution in [-0.2, 0) is 4.74 Å². The van der Waals surface area contributed by atoms with Crippen molar-refractivity contribution < 1.29 is 4.74 Å². The topological polar surface area (TPSA) is 62.3 Å². The molecule has 4 rings (SSSR count). The van der Waals surface area contributed by atoms with Crippen molar-refractivity contribution in [2.45, 2.75) is 6.92 Å². The molecule has 2 N–H and O–H groups in total. The second-order valence-electron chi connectivity index (χ2n) is 7.20. The third kappa shape index (κ3) is 5.53. The van der Waals surface area contributed by atoms with Gasteiger partial charge in [-0.2, -0.15) is 4.98 Å². The lowest BCUT2D eigenvalue weighted by atomic mass is 10.1. The SMILES string of the molecule is Cc1ccc(Nc2cc(-c3ccccc3)nc(NCCN3CCOCC3)n2)cc1. The molecule has 150 valence electrons. The number of rotatable bonds is 7. The number of nitrogens with one attached hydrogen (secondary N) is 2. The molecule has 29 heavy (non-hydrogen) atoms. The molecule has 1 saturated heterocycles. The maximum absolute atomic E-state index is 5.41. The Morgan fingerprint density at radius 3 is 2.48 bits per heavy atom. The highest BCUT2D eigenvalue weighted by Gasteiger charge is 2.11. The Morgan fingerprint density at radius 2 is 1.72 bits per heavy atom. The molecule has 3 aromatic rings. The molecule has 1 aromatic heterocycles. The Hall–Kier alpha value is -2.96. The van der Waals surface area contributed by atoms with Crippen molar-refractivity contribution in [1.29, 1.82) is 0 Å². The molecule has 0 bridgehead atoms. The number of anilines is 3. The molecule has 0 amide bonds. The molecule has 0 aliphatic carbocycles. The van der Waals surface area contributed by atoms with Crippen molar-refractivity contribution in [3.63, 3.8) is 0 Å². The standard InChI is InChI=1S/C23H27N5O/c1-18-7-9-20(10-8-18)25-22-17-21(19-5-3-2-4-6-19)26-23(27-22)24-11-12-28-13-15-29-16-14-28/h2-10,17H,11-16H2,1H3,(H2,24,25,26,27). The van der Waals surface area contributed by atoms with Crippen molar-refractivity contribution in [3.8, 4) is 11.3 Å². The van der Waals surface area contributed by atoms with Crippen LogP contribution in [-0.4, -0.2) is 54.3 Å². The average molecular weight is 390 g/mol. The molecular weight excluding hydrogens is 362 g/mol. The Labute approximate surface area is 172 Å². The van der Waals surface area contributed by atoms with E-state index in [1.807, 2.05) is 24.3 Å². The maximum Gasteiger partial charge on any atom is 0.225 e. The largest absolute Gasteiger partial charge is 0.379 e. The molecule has 0 saturated carbocycles. The van der Waals surface area contributed by atoms with Gasteiger partial charge in [0.2, 0.25) is 5.95 Å². The van der Waals surface area contributed by atoms with Crippen molar-refractivity contribution in [1.82, 2.24) is 14.9 Å². The van der Waals surface area contributed by atoms with Gasteiger partial charge in [0, 0.05) is 43.5 Å². The van der Waals surface area contributed by atoms with Crippen LogP contribution in [0, 0.1) is 6.92 Å². The summed E-state index contributed by atoms with van der Waals surface area (Å²) in [5.41, 5.74) is 4.20. The lowest BCUT2D eigenvalue weighted by molar-refractivity contribution is 0.0398. The first-order chi connectivity index (χ1) is 14.3. The van der Waals surface area contributed by atoms with E-state index in [0.29, 0.717) is 5.95 Å². The van der Waals surface area contributed by atoms with Crippen LogP contribution < -0.4 is 10.6 Å². The molecule has 2 aromatic carbocycles. The third-order valence-electron chi connectivity index (χ3n) is 4.93. The fourth-order valence-corrected chi connectivity index (χ4v) is 3.28. The smallest absolute Gasteiger partial charge is 0.225 e. The van der Waals surface area contributed by atoms with Crippen LogP contribution in [0.4, 0.5) is 17.5 Å². The zero-order chi connectivity index (χ0) is 19.9. The first-order valence-electron chi connectivity index (χ1n) is 10.1. The van der Waals surface area contributed by atoms with Crippen LogP contribution in [0.5, 0.6) is 0 Å². The van der Waals surface area contributed by atoms with Crippen molar-refractivity contribution in [3.05, 3.63) is 66.2 Å². The summed E-state index contributed by atoms with van der Waals surface area (Å²) in [7, 11) is 0. The lowest BCUT2D eigenvalue weighted by Gasteiger charge is -2.26. The number of ether oxygens (including phenoxy) is 1. The van der Waals surface area contributed by atoms with E-state index >= 15 is 0 Å². The summed E-state index contributed by atoms with van der Waals surface area (Å²) in [6, 6.07) is 20.5. The number of hydrogen-bond donors (Lipinski definition) is 2. The van der Waals surface area contributed by atoms with Gasteiger partial charge in [0.05, 0.1) is 18.9 Å². The minimum absolute atomic E-state index is 0.634. The molecule has 1 fully saturated rings. The van der Waals surface area contributed by atoms with Crippen molar-refractivity contribution in [2.24, 2.45) is 0 Å². The van der Waals surface area contributed by atoms with Crippen molar-refractivity contribution in [2.75, 3.05) is 50.0 Å². The Kier molecular flexibility index (Phi) is 6.34. The minimum atomic E-state index is 0.634. The minimum Gasteiger partial charge on any atom is -0.379 e. The molecule has 0 unspecified atom stereocenters. The molecule has 0 radical (unpaired) electrons. The van der Waals surface area contributed by atoms with Gasteiger partial charge in [-0.25, -0.2) is 4.98 Å². The zero-order valence-electron chi connectivity index (χ0n) is 16.8. The fourth-order valence-electron chi connectivity index (χ4n) is 3.28. The Morgan fingerprint density at radius 1 is 0.966 bits per heavy atom. The number of aromatic nitrogens is 2. The average Bonchev–Trinajstić information content (AvgIpc) is 2.77. The summed E-state index contributed by atoms with van der Waals surface area (Å²) in [4.78, 5) is 11.8. The molecule has 6 heteroatoms. The quantitative estimate of drug-likeness (QED) is 0.638. The summed E-state index contributed by atoms with van der Waals surface area (Å²) in [6.45, 7) is 7.40. The third-order valence-corrected chi connectivity index (χ3v) is 4.93. The number of nitrogens with zero attached hydrogens (tertiary/aromatic N) is 3.